The summed E-state index contributed by atoms with van der Waals surface area (Å²) in [4.78, 5) is 4.40. The van der Waals surface area contributed by atoms with Gasteiger partial charge in [-0.2, -0.15) is 0 Å². The van der Waals surface area contributed by atoms with Crippen LogP contribution in [0.25, 0.3) is 16.7 Å². The van der Waals surface area contributed by atoms with Crippen molar-refractivity contribution in [3.8, 4) is 11.4 Å². The Labute approximate surface area is 130 Å². The first-order valence-corrected chi connectivity index (χ1v) is 7.12. The molecule has 0 aliphatic carbocycles. The molecule has 0 aliphatic heterocycles. The average Bonchev–Trinajstić information content (AvgIpc) is 2.87. The number of ether oxygens (including phenoxy) is 1. The van der Waals surface area contributed by atoms with Crippen LogP contribution in [0.2, 0.25) is 5.02 Å². The number of halogens is 3. The molecule has 1 heterocycles. The molecule has 0 saturated heterocycles. The van der Waals surface area contributed by atoms with Crippen LogP contribution in [-0.2, 0) is 5.88 Å². The lowest BCUT2D eigenvalue weighted by atomic mass is 10.2. The lowest BCUT2D eigenvalue weighted by Gasteiger charge is -2.11. The molecule has 0 saturated carbocycles. The van der Waals surface area contributed by atoms with Crippen LogP contribution in [0.5, 0.6) is 5.75 Å². The first-order chi connectivity index (χ1) is 10.2. The van der Waals surface area contributed by atoms with Gasteiger partial charge in [-0.3, -0.25) is 4.57 Å². The molecule has 0 unspecified atom stereocenters. The highest BCUT2D eigenvalue weighted by Crippen LogP contribution is 2.31. The summed E-state index contributed by atoms with van der Waals surface area (Å²) in [7, 11) is 1.53. The van der Waals surface area contributed by atoms with E-state index >= 15 is 0 Å². The van der Waals surface area contributed by atoms with Crippen molar-refractivity contribution in [3.05, 3.63) is 53.1 Å². The molecule has 0 amide bonds. The number of para-hydroxylation sites is 1. The fourth-order valence-corrected chi connectivity index (χ4v) is 2.71. The summed E-state index contributed by atoms with van der Waals surface area (Å²) in [6.45, 7) is 0. The topological polar surface area (TPSA) is 27.1 Å². The maximum absolute atomic E-state index is 14.3. The van der Waals surface area contributed by atoms with Gasteiger partial charge in [0.1, 0.15) is 17.4 Å². The Balaban J connectivity index is 2.38. The molecule has 3 aromatic rings. The van der Waals surface area contributed by atoms with Crippen molar-refractivity contribution >= 4 is 34.2 Å². The number of fused-ring (bicyclic) bond motifs is 1. The Morgan fingerprint density at radius 1 is 1.29 bits per heavy atom. The molecule has 2 aromatic carbocycles. The highest BCUT2D eigenvalue weighted by molar-refractivity contribution is 6.35. The predicted octanol–water partition coefficient (Wildman–Crippen LogP) is 4.57. The van der Waals surface area contributed by atoms with Crippen LogP contribution in [0.3, 0.4) is 0 Å². The fraction of sp³-hybridized carbons (Fsp3) is 0.133. The first-order valence-electron chi connectivity index (χ1n) is 6.21. The monoisotopic (exact) mass is 324 g/mol. The lowest BCUT2D eigenvalue weighted by molar-refractivity contribution is 0.413. The highest BCUT2D eigenvalue weighted by atomic mass is 35.5. The van der Waals surface area contributed by atoms with Crippen LogP contribution in [0.1, 0.15) is 5.82 Å². The molecule has 21 heavy (non-hydrogen) atoms. The molecule has 3 rings (SSSR count). The molecule has 0 N–H and O–H groups in total. The Hall–Kier alpha value is -1.78. The summed E-state index contributed by atoms with van der Waals surface area (Å²) in [5.41, 5.74) is 1.60. The van der Waals surface area contributed by atoms with E-state index in [2.05, 4.69) is 4.98 Å². The first kappa shape index (κ1) is 14.2. The van der Waals surface area contributed by atoms with E-state index in [1.807, 2.05) is 6.07 Å². The third-order valence-corrected chi connectivity index (χ3v) is 3.75. The Kier molecular flexibility index (Phi) is 3.74. The largest absolute Gasteiger partial charge is 0.497 e. The van der Waals surface area contributed by atoms with Crippen LogP contribution >= 0.6 is 23.2 Å². The molecule has 3 nitrogen and oxygen atoms in total. The zero-order valence-electron chi connectivity index (χ0n) is 11.1. The van der Waals surface area contributed by atoms with Crippen LogP contribution < -0.4 is 4.74 Å². The van der Waals surface area contributed by atoms with Gasteiger partial charge in [-0.25, -0.2) is 9.37 Å². The molecular weight excluding hydrogens is 314 g/mol. The van der Waals surface area contributed by atoms with Crippen molar-refractivity contribution < 1.29 is 9.13 Å². The van der Waals surface area contributed by atoms with Gasteiger partial charge < -0.3 is 4.74 Å². The second-order valence-electron chi connectivity index (χ2n) is 4.42. The molecule has 108 valence electrons. The summed E-state index contributed by atoms with van der Waals surface area (Å²) in [6, 6.07) is 9.83. The number of methoxy groups -OCH3 is 1. The number of benzene rings is 2. The number of alkyl halides is 1. The van der Waals surface area contributed by atoms with Crippen molar-refractivity contribution in [2.75, 3.05) is 7.11 Å². The van der Waals surface area contributed by atoms with Gasteiger partial charge in [-0.15, -0.1) is 11.6 Å². The van der Waals surface area contributed by atoms with Gasteiger partial charge in [0.25, 0.3) is 0 Å². The number of rotatable bonds is 3. The molecule has 0 atom stereocenters. The van der Waals surface area contributed by atoms with Crippen molar-refractivity contribution in [2.45, 2.75) is 5.88 Å². The lowest BCUT2D eigenvalue weighted by Crippen LogP contribution is -2.03. The van der Waals surface area contributed by atoms with E-state index in [9.17, 15) is 4.39 Å². The fourth-order valence-electron chi connectivity index (χ4n) is 2.27. The van der Waals surface area contributed by atoms with Gasteiger partial charge in [0.2, 0.25) is 0 Å². The summed E-state index contributed by atoms with van der Waals surface area (Å²) >= 11 is 12.2. The molecule has 0 radical (unpaired) electrons. The smallest absolute Gasteiger partial charge is 0.147 e. The van der Waals surface area contributed by atoms with Crippen molar-refractivity contribution in [1.82, 2.24) is 9.55 Å². The molecular formula is C15H11Cl2FN2O. The number of hydrogen-bond donors (Lipinski definition) is 0. The van der Waals surface area contributed by atoms with E-state index < -0.39 is 5.82 Å². The Morgan fingerprint density at radius 2 is 2.10 bits per heavy atom. The highest BCUT2D eigenvalue weighted by Gasteiger charge is 2.17. The maximum atomic E-state index is 14.3. The summed E-state index contributed by atoms with van der Waals surface area (Å²) in [5, 5.41) is 0.485. The van der Waals surface area contributed by atoms with E-state index in [1.165, 1.54) is 13.2 Å². The average molecular weight is 325 g/mol. The van der Waals surface area contributed by atoms with Crippen molar-refractivity contribution in [2.24, 2.45) is 0 Å². The minimum absolute atomic E-state index is 0.141. The third kappa shape index (κ3) is 2.34. The van der Waals surface area contributed by atoms with Crippen LogP contribution in [-0.4, -0.2) is 16.7 Å². The SMILES string of the molecule is COc1ccc(F)c(-n2c(CCl)nc3cccc(Cl)c32)c1. The number of aromatic nitrogens is 2. The second-order valence-corrected chi connectivity index (χ2v) is 5.10. The summed E-state index contributed by atoms with van der Waals surface area (Å²) in [6.07, 6.45) is 0. The van der Waals surface area contributed by atoms with Crippen LogP contribution in [0, 0.1) is 5.82 Å². The zero-order valence-corrected chi connectivity index (χ0v) is 12.6. The minimum atomic E-state index is -0.401. The Morgan fingerprint density at radius 3 is 2.81 bits per heavy atom. The van der Waals surface area contributed by atoms with Crippen molar-refractivity contribution in [3.63, 3.8) is 0 Å². The third-order valence-electron chi connectivity index (χ3n) is 3.21. The van der Waals surface area contributed by atoms with E-state index in [0.717, 1.165) is 0 Å². The maximum Gasteiger partial charge on any atom is 0.147 e. The van der Waals surface area contributed by atoms with E-state index in [4.69, 9.17) is 27.9 Å². The van der Waals surface area contributed by atoms with E-state index in [1.54, 1.807) is 28.8 Å². The minimum Gasteiger partial charge on any atom is -0.497 e. The number of nitrogens with zero attached hydrogens (tertiary/aromatic N) is 2. The van der Waals surface area contributed by atoms with Crippen LogP contribution in [0.15, 0.2) is 36.4 Å². The van der Waals surface area contributed by atoms with Gasteiger partial charge >= 0.3 is 0 Å². The van der Waals surface area contributed by atoms with E-state index in [0.29, 0.717) is 33.3 Å². The molecule has 1 aromatic heterocycles. The second kappa shape index (κ2) is 5.54. The van der Waals surface area contributed by atoms with Gasteiger partial charge in [0.05, 0.1) is 34.7 Å². The molecule has 0 fully saturated rings. The van der Waals surface area contributed by atoms with E-state index in [-0.39, 0.29) is 5.88 Å². The number of hydrogen-bond acceptors (Lipinski definition) is 2. The number of imidazole rings is 1. The standard InChI is InChI=1S/C15H11Cl2FN2O/c1-21-9-5-6-11(18)13(7-9)20-14(8-16)19-12-4-2-3-10(17)15(12)20/h2-7H,8H2,1H3. The molecule has 0 aliphatic rings. The zero-order chi connectivity index (χ0) is 15.0. The van der Waals surface area contributed by atoms with Gasteiger partial charge in [0, 0.05) is 6.07 Å². The Bertz CT molecular complexity index is 817. The quantitative estimate of drug-likeness (QED) is 0.660. The molecule has 6 heteroatoms. The predicted molar refractivity (Wildman–Crippen MR) is 82.1 cm³/mol. The van der Waals surface area contributed by atoms with Crippen LogP contribution in [0.4, 0.5) is 4.39 Å². The van der Waals surface area contributed by atoms with Gasteiger partial charge in [-0.05, 0) is 24.3 Å². The normalized spacial score (nSPS) is 11.0. The van der Waals surface area contributed by atoms with Gasteiger partial charge in [0.15, 0.2) is 0 Å². The van der Waals surface area contributed by atoms with Crippen molar-refractivity contribution in [1.29, 1.82) is 0 Å². The molecule has 0 bridgehead atoms. The molecule has 0 spiro atoms. The van der Waals surface area contributed by atoms with Gasteiger partial charge in [-0.1, -0.05) is 17.7 Å². The summed E-state index contributed by atoms with van der Waals surface area (Å²) < 4.78 is 21.0. The summed E-state index contributed by atoms with van der Waals surface area (Å²) in [5.74, 6) is 0.802.